The highest BCUT2D eigenvalue weighted by molar-refractivity contribution is 7.99. The number of imidazole rings is 1. The standard InChI is InChI=1S/C10H12N4O3S/c1-13-7-6(8(15)14(2)10(13)16)11-9(12-7)18-4-5-3-17-5/h5H,3-4H2,1-2H3,(H,11,12)/t5-/m1/s1. The average molecular weight is 268 g/mol. The summed E-state index contributed by atoms with van der Waals surface area (Å²) in [5.74, 6) is 0.800. The minimum atomic E-state index is -0.374. The van der Waals surface area contributed by atoms with Crippen molar-refractivity contribution in [3.05, 3.63) is 20.8 Å². The van der Waals surface area contributed by atoms with Gasteiger partial charge in [0, 0.05) is 19.8 Å². The number of nitrogens with zero attached hydrogens (tertiary/aromatic N) is 3. The number of fused-ring (bicyclic) bond motifs is 1. The number of ether oxygens (including phenoxy) is 1. The normalized spacial score (nSPS) is 18.4. The van der Waals surface area contributed by atoms with Crippen LogP contribution < -0.4 is 11.2 Å². The third-order valence-electron chi connectivity index (χ3n) is 2.88. The fourth-order valence-electron chi connectivity index (χ4n) is 1.71. The molecule has 0 unspecified atom stereocenters. The van der Waals surface area contributed by atoms with Crippen molar-refractivity contribution >= 4 is 22.9 Å². The number of epoxide rings is 1. The maximum absolute atomic E-state index is 11.9. The summed E-state index contributed by atoms with van der Waals surface area (Å²) >= 11 is 1.49. The van der Waals surface area contributed by atoms with Gasteiger partial charge in [-0.15, -0.1) is 0 Å². The van der Waals surface area contributed by atoms with Gasteiger partial charge in [-0.2, -0.15) is 0 Å². The van der Waals surface area contributed by atoms with Crippen molar-refractivity contribution in [2.75, 3.05) is 12.4 Å². The van der Waals surface area contributed by atoms with Crippen LogP contribution >= 0.6 is 11.8 Å². The van der Waals surface area contributed by atoms with Crippen molar-refractivity contribution in [2.24, 2.45) is 14.1 Å². The van der Waals surface area contributed by atoms with E-state index in [1.54, 1.807) is 7.05 Å². The number of hydrogen-bond acceptors (Lipinski definition) is 5. The molecule has 2 aromatic heterocycles. The second-order valence-corrected chi connectivity index (χ2v) is 5.22. The average Bonchev–Trinajstić information content (AvgIpc) is 3.10. The molecule has 2 aromatic rings. The molecule has 1 atom stereocenters. The van der Waals surface area contributed by atoms with Gasteiger partial charge < -0.3 is 9.72 Å². The van der Waals surface area contributed by atoms with E-state index < -0.39 is 0 Å². The molecular weight excluding hydrogens is 256 g/mol. The van der Waals surface area contributed by atoms with Crippen LogP contribution in [0.5, 0.6) is 0 Å². The number of aromatic amines is 1. The van der Waals surface area contributed by atoms with E-state index in [4.69, 9.17) is 4.74 Å². The van der Waals surface area contributed by atoms with Gasteiger partial charge >= 0.3 is 5.69 Å². The van der Waals surface area contributed by atoms with Gasteiger partial charge in [0.05, 0.1) is 12.7 Å². The van der Waals surface area contributed by atoms with Crippen LogP contribution in [0.15, 0.2) is 14.7 Å². The maximum atomic E-state index is 11.9. The molecule has 0 bridgehead atoms. The number of aromatic nitrogens is 4. The summed E-state index contributed by atoms with van der Waals surface area (Å²) in [6, 6.07) is 0. The highest BCUT2D eigenvalue weighted by atomic mass is 32.2. The van der Waals surface area contributed by atoms with Crippen LogP contribution in [0.25, 0.3) is 11.2 Å². The number of H-pyrrole nitrogens is 1. The smallest absolute Gasteiger partial charge is 0.332 e. The van der Waals surface area contributed by atoms with E-state index in [0.717, 1.165) is 16.9 Å². The Morgan fingerprint density at radius 3 is 2.83 bits per heavy atom. The molecule has 0 radical (unpaired) electrons. The Bertz CT molecular complexity index is 725. The summed E-state index contributed by atoms with van der Waals surface area (Å²) in [5.41, 5.74) is 0.0253. The van der Waals surface area contributed by atoms with Crippen molar-refractivity contribution in [3.63, 3.8) is 0 Å². The van der Waals surface area contributed by atoms with Gasteiger partial charge in [0.15, 0.2) is 16.3 Å². The molecule has 1 saturated heterocycles. The van der Waals surface area contributed by atoms with Gasteiger partial charge in [-0.1, -0.05) is 11.8 Å². The summed E-state index contributed by atoms with van der Waals surface area (Å²) in [7, 11) is 3.05. The Labute approximate surface area is 106 Å². The number of thioether (sulfide) groups is 1. The molecule has 1 aliphatic heterocycles. The fraction of sp³-hybridized carbons (Fsp3) is 0.500. The van der Waals surface area contributed by atoms with Crippen molar-refractivity contribution in [1.82, 2.24) is 19.1 Å². The largest absolute Gasteiger partial charge is 0.372 e. The summed E-state index contributed by atoms with van der Waals surface area (Å²) in [5, 5.41) is 0.638. The van der Waals surface area contributed by atoms with Gasteiger partial charge in [-0.05, 0) is 0 Å². The first-order chi connectivity index (χ1) is 8.58. The number of nitrogens with one attached hydrogen (secondary N) is 1. The van der Waals surface area contributed by atoms with Crippen molar-refractivity contribution < 1.29 is 4.74 Å². The molecule has 0 amide bonds. The lowest BCUT2D eigenvalue weighted by molar-refractivity contribution is 0.426. The number of hydrogen-bond donors (Lipinski definition) is 1. The first kappa shape index (κ1) is 11.5. The van der Waals surface area contributed by atoms with Gasteiger partial charge in [0.25, 0.3) is 5.56 Å². The minimum Gasteiger partial charge on any atom is -0.372 e. The zero-order valence-corrected chi connectivity index (χ0v) is 10.8. The van der Waals surface area contributed by atoms with E-state index in [9.17, 15) is 9.59 Å². The molecule has 18 heavy (non-hydrogen) atoms. The molecule has 3 rings (SSSR count). The molecule has 0 saturated carbocycles. The third-order valence-corrected chi connectivity index (χ3v) is 3.89. The molecule has 0 spiro atoms. The lowest BCUT2D eigenvalue weighted by atomic mass is 10.5. The van der Waals surface area contributed by atoms with Gasteiger partial charge in [0.1, 0.15) is 0 Å². The van der Waals surface area contributed by atoms with Crippen LogP contribution in [0.1, 0.15) is 0 Å². The monoisotopic (exact) mass is 268 g/mol. The van der Waals surface area contributed by atoms with Crippen LogP contribution in [0.3, 0.4) is 0 Å². The number of rotatable bonds is 3. The van der Waals surface area contributed by atoms with Gasteiger partial charge in [-0.25, -0.2) is 9.78 Å². The quantitative estimate of drug-likeness (QED) is 0.596. The zero-order chi connectivity index (χ0) is 12.9. The third kappa shape index (κ3) is 1.77. The van der Waals surface area contributed by atoms with Crippen molar-refractivity contribution in [2.45, 2.75) is 11.3 Å². The predicted octanol–water partition coefficient (Wildman–Crippen LogP) is -0.549. The van der Waals surface area contributed by atoms with Crippen LogP contribution in [0.4, 0.5) is 0 Å². The van der Waals surface area contributed by atoms with Crippen LogP contribution in [0.2, 0.25) is 0 Å². The molecule has 0 aromatic carbocycles. The lowest BCUT2D eigenvalue weighted by Crippen LogP contribution is -2.36. The molecule has 96 valence electrons. The molecule has 3 heterocycles. The Balaban J connectivity index is 2.10. The van der Waals surface area contributed by atoms with Crippen LogP contribution in [-0.4, -0.2) is 37.6 Å². The van der Waals surface area contributed by atoms with Gasteiger partial charge in [0.2, 0.25) is 0 Å². The van der Waals surface area contributed by atoms with Gasteiger partial charge in [-0.3, -0.25) is 13.9 Å². The highest BCUT2D eigenvalue weighted by Gasteiger charge is 2.23. The molecule has 7 nitrogen and oxygen atoms in total. The Hall–Kier alpha value is -1.54. The Morgan fingerprint density at radius 1 is 1.44 bits per heavy atom. The molecule has 1 N–H and O–H groups in total. The second kappa shape index (κ2) is 3.99. The predicted molar refractivity (Wildman–Crippen MR) is 67.0 cm³/mol. The summed E-state index contributed by atoms with van der Waals surface area (Å²) < 4.78 is 7.54. The maximum Gasteiger partial charge on any atom is 0.332 e. The second-order valence-electron chi connectivity index (χ2n) is 4.21. The summed E-state index contributed by atoms with van der Waals surface area (Å²) in [6.45, 7) is 0.785. The Morgan fingerprint density at radius 2 is 2.17 bits per heavy atom. The summed E-state index contributed by atoms with van der Waals surface area (Å²) in [4.78, 5) is 30.9. The molecule has 0 aliphatic carbocycles. The van der Waals surface area contributed by atoms with E-state index >= 15 is 0 Å². The molecule has 1 fully saturated rings. The van der Waals surface area contributed by atoms with E-state index in [2.05, 4.69) is 9.97 Å². The van der Waals surface area contributed by atoms with E-state index in [0.29, 0.717) is 16.3 Å². The van der Waals surface area contributed by atoms with Crippen LogP contribution in [0, 0.1) is 0 Å². The van der Waals surface area contributed by atoms with E-state index in [-0.39, 0.29) is 17.4 Å². The topological polar surface area (TPSA) is 85.2 Å². The molecule has 1 aliphatic rings. The first-order valence-corrected chi connectivity index (χ1v) is 6.46. The van der Waals surface area contributed by atoms with Crippen molar-refractivity contribution in [1.29, 1.82) is 0 Å². The van der Waals surface area contributed by atoms with Crippen LogP contribution in [-0.2, 0) is 18.8 Å². The fourth-order valence-corrected chi connectivity index (χ4v) is 2.57. The first-order valence-electron chi connectivity index (χ1n) is 5.48. The Kier molecular flexibility index (Phi) is 2.56. The van der Waals surface area contributed by atoms with E-state index in [1.165, 1.54) is 23.4 Å². The molecular formula is C10H12N4O3S. The lowest BCUT2D eigenvalue weighted by Gasteiger charge is -2.00. The SMILES string of the molecule is Cn1c(=O)c2[nH]c(SC[C@H]3CO3)nc2n(C)c1=O. The van der Waals surface area contributed by atoms with Crippen molar-refractivity contribution in [3.8, 4) is 0 Å². The number of aryl methyl sites for hydroxylation is 1. The zero-order valence-electron chi connectivity index (χ0n) is 9.97. The summed E-state index contributed by atoms with van der Waals surface area (Å²) in [6.07, 6.45) is 0.287. The minimum absolute atomic E-state index is 0.287. The van der Waals surface area contributed by atoms with E-state index in [1.807, 2.05) is 0 Å². The molecule has 8 heteroatoms. The highest BCUT2D eigenvalue weighted by Crippen LogP contribution is 2.22.